The first-order chi connectivity index (χ1) is 9.38. The molecule has 124 valence electrons. The predicted octanol–water partition coefficient (Wildman–Crippen LogP) is 1.52. The standard InChI is InChI=1S/3C5H8O2.Nd/c3*1-4(6)3-5(2)7;/h3*3H2,1-2H3;/p+6. The molecule has 0 aliphatic rings. The van der Waals surface area contributed by atoms with Gasteiger partial charge in [-0.2, -0.15) is 0 Å². The van der Waals surface area contributed by atoms with E-state index in [4.69, 9.17) is 28.8 Å². The smallest absolute Gasteiger partial charge is 0.283 e. The van der Waals surface area contributed by atoms with E-state index in [2.05, 4.69) is 0 Å². The fourth-order valence-corrected chi connectivity index (χ4v) is 1.11. The fourth-order valence-electron chi connectivity index (χ4n) is 1.11. The molecule has 0 aliphatic heterocycles. The molecular formula is C15H30NdO6+6. The van der Waals surface area contributed by atoms with Gasteiger partial charge in [-0.25, -0.2) is 0 Å². The molecule has 0 saturated heterocycles. The van der Waals surface area contributed by atoms with Gasteiger partial charge >= 0.3 is 34.7 Å². The molecule has 22 heavy (non-hydrogen) atoms. The van der Waals surface area contributed by atoms with Crippen molar-refractivity contribution in [3.05, 3.63) is 0 Å². The fraction of sp³-hybridized carbons (Fsp3) is 0.600. The first-order valence-corrected chi connectivity index (χ1v) is 6.46. The average molecular weight is 451 g/mol. The van der Waals surface area contributed by atoms with Gasteiger partial charge in [0.1, 0.15) is 0 Å². The monoisotopic (exact) mass is 448 g/mol. The Morgan fingerprint density at radius 2 is 0.500 bits per heavy atom. The number of ketones is 6. The third-order valence-corrected chi connectivity index (χ3v) is 1.54. The van der Waals surface area contributed by atoms with E-state index >= 15 is 0 Å². The maximum atomic E-state index is 8.46. The Morgan fingerprint density at radius 3 is 0.500 bits per heavy atom. The van der Waals surface area contributed by atoms with E-state index < -0.39 is 0 Å². The van der Waals surface area contributed by atoms with Crippen molar-refractivity contribution in [3.63, 3.8) is 0 Å². The van der Waals surface area contributed by atoms with E-state index in [0.717, 1.165) is 0 Å². The van der Waals surface area contributed by atoms with Crippen molar-refractivity contribution in [2.75, 3.05) is 0 Å². The Morgan fingerprint density at radius 1 is 0.409 bits per heavy atom. The molecule has 0 amide bonds. The van der Waals surface area contributed by atoms with Crippen LogP contribution in [0.25, 0.3) is 0 Å². The Labute approximate surface area is 164 Å². The zero-order valence-electron chi connectivity index (χ0n) is 14.3. The molecule has 0 atom stereocenters. The van der Waals surface area contributed by atoms with Crippen molar-refractivity contribution < 1.29 is 69.6 Å². The first kappa shape index (κ1) is 29.4. The minimum Gasteiger partial charge on any atom is -0.283 e. The third-order valence-electron chi connectivity index (χ3n) is 1.54. The molecule has 0 aromatic carbocycles. The summed E-state index contributed by atoms with van der Waals surface area (Å²) in [5.41, 5.74) is 0. The summed E-state index contributed by atoms with van der Waals surface area (Å²) in [4.78, 5) is 50.8. The molecule has 0 radical (unpaired) electrons. The largest absolute Gasteiger partial charge is 0.302 e. The minimum absolute atomic E-state index is 0. The van der Waals surface area contributed by atoms with E-state index in [-0.39, 0.29) is 75.5 Å². The summed E-state index contributed by atoms with van der Waals surface area (Å²) in [5, 5.41) is 0. The Bertz CT molecular complexity index is 314. The molecule has 0 aromatic heterocycles. The molecule has 6 nitrogen and oxygen atoms in total. The summed E-state index contributed by atoms with van der Waals surface area (Å²) in [7, 11) is 0. The predicted molar refractivity (Wildman–Crippen MR) is 89.6 cm³/mol. The minimum atomic E-state index is 0. The van der Waals surface area contributed by atoms with Crippen LogP contribution in [0.2, 0.25) is 0 Å². The van der Waals surface area contributed by atoms with Crippen LogP contribution in [0.1, 0.15) is 60.8 Å². The second-order valence-corrected chi connectivity index (χ2v) is 4.94. The topological polar surface area (TPSA) is 128 Å². The van der Waals surface area contributed by atoms with Crippen LogP contribution in [0.15, 0.2) is 0 Å². The molecule has 0 unspecified atom stereocenters. The molecule has 0 aliphatic carbocycles. The van der Waals surface area contributed by atoms with Crippen molar-refractivity contribution in [1.29, 1.82) is 0 Å². The molecule has 7 heteroatoms. The van der Waals surface area contributed by atoms with Crippen LogP contribution in [0.4, 0.5) is 0 Å². The van der Waals surface area contributed by atoms with E-state index in [1.54, 1.807) is 41.5 Å². The van der Waals surface area contributed by atoms with Gasteiger partial charge < -0.3 is 0 Å². The maximum Gasteiger partial charge on any atom is 0.302 e. The molecule has 0 fully saturated rings. The summed E-state index contributed by atoms with van der Waals surface area (Å²) in [6.45, 7) is 9.33. The summed E-state index contributed by atoms with van der Waals surface area (Å²) >= 11 is 0. The zero-order valence-corrected chi connectivity index (χ0v) is 17.5. The molecule has 0 heterocycles. The molecule has 0 aromatic rings. The number of carbonyl (C=O) groups excluding carboxylic acids is 6. The first-order valence-electron chi connectivity index (χ1n) is 6.46. The van der Waals surface area contributed by atoms with Gasteiger partial charge in [-0.3, -0.25) is 28.8 Å². The van der Waals surface area contributed by atoms with Crippen molar-refractivity contribution in [1.82, 2.24) is 0 Å². The van der Waals surface area contributed by atoms with Crippen LogP contribution in [-0.2, 0) is 0 Å². The SMILES string of the molecule is CC(=[OH+])CC(C)=[OH+].CC(=[OH+])CC(C)=[OH+].CC(=[OH+])CC(C)=[OH+].[Nd]. The van der Waals surface area contributed by atoms with Gasteiger partial charge in [0.15, 0.2) is 19.3 Å². The molecule has 0 bridgehead atoms. The van der Waals surface area contributed by atoms with Crippen LogP contribution < -0.4 is 0 Å². The van der Waals surface area contributed by atoms with Crippen LogP contribution in [-0.4, -0.2) is 63.5 Å². The number of hydrogen-bond donors (Lipinski definition) is 0. The quantitative estimate of drug-likeness (QED) is 0.429. The summed E-state index contributed by atoms with van der Waals surface area (Å²) in [5.74, 6) is 1.50. The molecular weight excluding hydrogens is 420 g/mol. The van der Waals surface area contributed by atoms with Gasteiger partial charge in [0.05, 0.1) is 0 Å². The van der Waals surface area contributed by atoms with Crippen LogP contribution in [0.5, 0.6) is 0 Å². The van der Waals surface area contributed by atoms with Crippen LogP contribution >= 0.6 is 0 Å². The molecule has 0 rings (SSSR count). The van der Waals surface area contributed by atoms with Crippen LogP contribution in [0, 0.1) is 40.8 Å². The Hall–Kier alpha value is -0.629. The van der Waals surface area contributed by atoms with Crippen molar-refractivity contribution >= 4 is 34.7 Å². The van der Waals surface area contributed by atoms with Crippen molar-refractivity contribution in [2.24, 2.45) is 0 Å². The van der Waals surface area contributed by atoms with E-state index in [1.165, 1.54) is 0 Å². The molecule has 0 spiro atoms. The van der Waals surface area contributed by atoms with Gasteiger partial charge in [-0.1, -0.05) is 0 Å². The van der Waals surface area contributed by atoms with E-state index in [9.17, 15) is 0 Å². The Kier molecular flexibility index (Phi) is 24.6. The molecule has 6 N–H and O–H groups in total. The normalized spacial score (nSPS) is 7.91. The zero-order chi connectivity index (χ0) is 17.6. The van der Waals surface area contributed by atoms with Gasteiger partial charge in [-0.05, 0) is 0 Å². The van der Waals surface area contributed by atoms with E-state index in [1.807, 2.05) is 0 Å². The molecule has 0 saturated carbocycles. The number of rotatable bonds is 6. The van der Waals surface area contributed by atoms with E-state index in [0.29, 0.717) is 19.3 Å². The van der Waals surface area contributed by atoms with Crippen molar-refractivity contribution in [2.45, 2.75) is 60.8 Å². The summed E-state index contributed by atoms with van der Waals surface area (Å²) in [6.07, 6.45) is 0.917. The summed E-state index contributed by atoms with van der Waals surface area (Å²) in [6, 6.07) is 0. The summed E-state index contributed by atoms with van der Waals surface area (Å²) < 4.78 is 0. The second kappa shape index (κ2) is 18.4. The van der Waals surface area contributed by atoms with Gasteiger partial charge in [0.2, 0.25) is 0 Å². The maximum absolute atomic E-state index is 8.46. The van der Waals surface area contributed by atoms with Crippen molar-refractivity contribution in [3.8, 4) is 0 Å². The van der Waals surface area contributed by atoms with Gasteiger partial charge in [0, 0.05) is 82.4 Å². The average Bonchev–Trinajstić information content (AvgIpc) is 2.10. The van der Waals surface area contributed by atoms with Crippen LogP contribution in [0.3, 0.4) is 0 Å². The second-order valence-electron chi connectivity index (χ2n) is 4.94. The van der Waals surface area contributed by atoms with Gasteiger partial charge in [-0.15, -0.1) is 0 Å². The Balaban J connectivity index is -0.000000108. The van der Waals surface area contributed by atoms with Gasteiger partial charge in [0.25, 0.3) is 0 Å². The number of hydrogen-bond acceptors (Lipinski definition) is 0. The third kappa shape index (κ3) is 50.6.